The van der Waals surface area contributed by atoms with Crippen LogP contribution >= 0.6 is 24.3 Å². The molecular weight excluding hydrogens is 167 g/mol. The van der Waals surface area contributed by atoms with Gasteiger partial charge in [0.2, 0.25) is 0 Å². The summed E-state index contributed by atoms with van der Waals surface area (Å²) in [4.78, 5) is 16.3. The first-order valence-electron chi connectivity index (χ1n) is 1.48. The maximum Gasteiger partial charge on any atom is 0.165 e. The predicted molar refractivity (Wildman–Crippen MR) is 30.0 cm³/mol. The Morgan fingerprint density at radius 1 is 1.50 bits per heavy atom. The van der Waals surface area contributed by atoms with Gasteiger partial charge < -0.3 is 9.79 Å². The van der Waals surface area contributed by atoms with E-state index < -0.39 is 8.38 Å². The van der Waals surface area contributed by atoms with Crippen LogP contribution in [0.5, 0.6) is 0 Å². The molecule has 0 saturated heterocycles. The molecule has 6 heavy (non-hydrogen) atoms. The Morgan fingerprint density at radius 2 is 2.00 bits per heavy atom. The number of alkyl halides is 1. The Hall–Kier alpha value is 0.830. The minimum absolute atomic E-state index is 0.468. The van der Waals surface area contributed by atoms with E-state index in [0.717, 1.165) is 0 Å². The Bertz CT molecular complexity index is 32.7. The molecule has 0 aromatic carbocycles. The fraction of sp³-hybridized carbons (Fsp3) is 1.00. The highest BCUT2D eigenvalue weighted by molar-refractivity contribution is 9.09. The first-order valence-corrected chi connectivity index (χ1v) is 4.04. The van der Waals surface area contributed by atoms with Crippen molar-refractivity contribution in [3.63, 3.8) is 0 Å². The summed E-state index contributed by atoms with van der Waals surface area (Å²) in [5.74, 6) is 0. The van der Waals surface area contributed by atoms with Gasteiger partial charge in [0.05, 0.1) is 0 Å². The van der Waals surface area contributed by atoms with Crippen LogP contribution in [0.3, 0.4) is 0 Å². The topological polar surface area (TPSA) is 40.5 Å². The molecule has 0 aliphatic carbocycles. The summed E-state index contributed by atoms with van der Waals surface area (Å²) in [6.45, 7) is 0. The molecule has 0 aromatic rings. The van der Waals surface area contributed by atoms with Gasteiger partial charge in [-0.25, -0.2) is 0 Å². The second-order valence-electron chi connectivity index (χ2n) is 0.785. The Labute approximate surface area is 46.2 Å². The third-order valence-electron chi connectivity index (χ3n) is 0.285. The van der Waals surface area contributed by atoms with Crippen LogP contribution in [0.15, 0.2) is 0 Å². The van der Waals surface area contributed by atoms with Crippen LogP contribution in [-0.2, 0) is 0 Å². The van der Waals surface area contributed by atoms with E-state index in [1.54, 1.807) is 0 Å². The summed E-state index contributed by atoms with van der Waals surface area (Å²) >= 11 is 3.05. The fourth-order valence-electron chi connectivity index (χ4n) is 0.0756. The van der Waals surface area contributed by atoms with Crippen LogP contribution in [0, 0.1) is 0 Å². The van der Waals surface area contributed by atoms with Crippen LogP contribution in [0.1, 0.15) is 0 Å². The molecule has 0 radical (unpaired) electrons. The van der Waals surface area contributed by atoms with E-state index in [1.165, 1.54) is 0 Å². The maximum absolute atomic E-state index is 8.14. The van der Waals surface area contributed by atoms with Crippen LogP contribution in [0.25, 0.3) is 0 Å². The Balaban J connectivity index is 2.63. The standard InChI is InChI=1S/C2H6BrO2P/c3-1-2-6(4)5/h4-5H,1-2H2. The molecule has 0 aromatic heterocycles. The van der Waals surface area contributed by atoms with Crippen LogP contribution < -0.4 is 0 Å². The highest BCUT2D eigenvalue weighted by Crippen LogP contribution is 2.21. The molecule has 0 aliphatic heterocycles. The lowest BCUT2D eigenvalue weighted by molar-refractivity contribution is 0.485. The summed E-state index contributed by atoms with van der Waals surface area (Å²) in [6, 6.07) is 0. The van der Waals surface area contributed by atoms with Gasteiger partial charge in [0, 0.05) is 11.5 Å². The van der Waals surface area contributed by atoms with Crippen molar-refractivity contribution < 1.29 is 9.79 Å². The first-order chi connectivity index (χ1) is 2.77. The van der Waals surface area contributed by atoms with Crippen molar-refractivity contribution in [3.05, 3.63) is 0 Å². The zero-order valence-corrected chi connectivity index (χ0v) is 5.61. The van der Waals surface area contributed by atoms with Gasteiger partial charge in [-0.1, -0.05) is 15.9 Å². The monoisotopic (exact) mass is 172 g/mol. The molecule has 2 nitrogen and oxygen atoms in total. The van der Waals surface area contributed by atoms with E-state index in [9.17, 15) is 0 Å². The van der Waals surface area contributed by atoms with E-state index in [-0.39, 0.29) is 0 Å². The van der Waals surface area contributed by atoms with E-state index in [2.05, 4.69) is 15.9 Å². The van der Waals surface area contributed by atoms with E-state index in [0.29, 0.717) is 11.5 Å². The molecule has 0 fully saturated rings. The predicted octanol–water partition coefficient (Wildman–Crippen LogP) is 0.678. The molecule has 0 spiro atoms. The molecule has 4 heteroatoms. The molecular formula is C2H6BrO2P. The van der Waals surface area contributed by atoms with Crippen molar-refractivity contribution in [2.45, 2.75) is 0 Å². The summed E-state index contributed by atoms with van der Waals surface area (Å²) in [7, 11) is -1.65. The van der Waals surface area contributed by atoms with Crippen molar-refractivity contribution in [1.82, 2.24) is 0 Å². The average Bonchev–Trinajstić information content (AvgIpc) is 1.35. The molecule has 0 aliphatic rings. The van der Waals surface area contributed by atoms with Crippen LogP contribution in [-0.4, -0.2) is 21.3 Å². The van der Waals surface area contributed by atoms with Crippen molar-refractivity contribution in [2.75, 3.05) is 11.5 Å². The lowest BCUT2D eigenvalue weighted by Crippen LogP contribution is -1.79. The van der Waals surface area contributed by atoms with Crippen LogP contribution in [0.4, 0.5) is 0 Å². The number of hydrogen-bond donors (Lipinski definition) is 2. The number of rotatable bonds is 2. The highest BCUT2D eigenvalue weighted by Gasteiger charge is 1.91. The summed E-state index contributed by atoms with van der Waals surface area (Å²) in [6.07, 6.45) is 0.468. The summed E-state index contributed by atoms with van der Waals surface area (Å²) in [5.41, 5.74) is 0. The van der Waals surface area contributed by atoms with Crippen molar-refractivity contribution in [1.29, 1.82) is 0 Å². The van der Waals surface area contributed by atoms with Gasteiger partial charge in [-0.3, -0.25) is 0 Å². The van der Waals surface area contributed by atoms with Crippen molar-refractivity contribution in [2.24, 2.45) is 0 Å². The number of hydrogen-bond acceptors (Lipinski definition) is 2. The van der Waals surface area contributed by atoms with Gasteiger partial charge in [0.1, 0.15) is 0 Å². The van der Waals surface area contributed by atoms with E-state index in [1.807, 2.05) is 0 Å². The largest absolute Gasteiger partial charge is 0.350 e. The lowest BCUT2D eigenvalue weighted by atomic mass is 11.0. The first kappa shape index (κ1) is 6.83. The fourth-order valence-corrected chi connectivity index (χ4v) is 1.18. The average molecular weight is 173 g/mol. The highest BCUT2D eigenvalue weighted by atomic mass is 79.9. The smallest absolute Gasteiger partial charge is 0.165 e. The molecule has 0 saturated carbocycles. The Kier molecular flexibility index (Phi) is 4.56. The molecule has 0 rings (SSSR count). The van der Waals surface area contributed by atoms with Crippen LogP contribution in [0.2, 0.25) is 0 Å². The minimum Gasteiger partial charge on any atom is -0.350 e. The second kappa shape index (κ2) is 4.00. The quantitative estimate of drug-likeness (QED) is 0.476. The maximum atomic E-state index is 8.14. The van der Waals surface area contributed by atoms with Gasteiger partial charge in [-0.2, -0.15) is 0 Å². The molecule has 38 valence electrons. The Morgan fingerprint density at radius 3 is 2.00 bits per heavy atom. The zero-order chi connectivity index (χ0) is 4.99. The molecule has 0 amide bonds. The SMILES string of the molecule is OP(O)CCBr. The molecule has 0 unspecified atom stereocenters. The van der Waals surface area contributed by atoms with Gasteiger partial charge >= 0.3 is 0 Å². The van der Waals surface area contributed by atoms with Crippen molar-refractivity contribution >= 4 is 24.3 Å². The summed E-state index contributed by atoms with van der Waals surface area (Å²) in [5, 5.41) is 0.672. The third kappa shape index (κ3) is 4.83. The lowest BCUT2D eigenvalue weighted by Gasteiger charge is -1.92. The minimum atomic E-state index is -1.65. The van der Waals surface area contributed by atoms with Gasteiger partial charge in [0.15, 0.2) is 8.38 Å². The van der Waals surface area contributed by atoms with E-state index in [4.69, 9.17) is 9.79 Å². The van der Waals surface area contributed by atoms with Gasteiger partial charge in [-0.15, -0.1) is 0 Å². The number of halogens is 1. The van der Waals surface area contributed by atoms with Gasteiger partial charge in [-0.05, 0) is 0 Å². The summed E-state index contributed by atoms with van der Waals surface area (Å²) < 4.78 is 0. The zero-order valence-electron chi connectivity index (χ0n) is 3.13. The molecule has 0 bridgehead atoms. The third-order valence-corrected chi connectivity index (χ3v) is 1.92. The van der Waals surface area contributed by atoms with Gasteiger partial charge in [0.25, 0.3) is 0 Å². The molecule has 0 heterocycles. The van der Waals surface area contributed by atoms with Crippen molar-refractivity contribution in [3.8, 4) is 0 Å². The molecule has 0 atom stereocenters. The molecule has 2 N–H and O–H groups in total. The van der Waals surface area contributed by atoms with E-state index >= 15 is 0 Å². The normalized spacial score (nSPS) is 10.0. The second-order valence-corrected chi connectivity index (χ2v) is 2.77.